The van der Waals surface area contributed by atoms with E-state index in [-0.39, 0.29) is 28.2 Å². The van der Waals surface area contributed by atoms with Gasteiger partial charge >= 0.3 is 5.97 Å². The second-order valence-electron chi connectivity index (χ2n) is 5.43. The molecule has 0 aliphatic heterocycles. The zero-order valence-corrected chi connectivity index (χ0v) is 14.5. The highest BCUT2D eigenvalue weighted by Crippen LogP contribution is 2.21. The van der Waals surface area contributed by atoms with Crippen molar-refractivity contribution in [2.75, 3.05) is 0 Å². The summed E-state index contributed by atoms with van der Waals surface area (Å²) in [6.07, 6.45) is 1.24. The molecule has 2 aromatic carbocycles. The van der Waals surface area contributed by atoms with E-state index in [1.165, 1.54) is 18.2 Å². The van der Waals surface area contributed by atoms with Crippen molar-refractivity contribution in [2.24, 2.45) is 0 Å². The second kappa shape index (κ2) is 6.74. The highest BCUT2D eigenvalue weighted by atomic mass is 35.5. The number of fused-ring (bicyclic) bond motifs is 1. The Morgan fingerprint density at radius 3 is 2.64 bits per heavy atom. The number of aromatic carboxylic acids is 1. The summed E-state index contributed by atoms with van der Waals surface area (Å²) in [6.45, 7) is 1.81. The largest absolute Gasteiger partial charge is 0.478 e. The lowest BCUT2D eigenvalue weighted by Gasteiger charge is -2.16. The molecule has 8 heteroatoms. The number of hydrogen-bond donors (Lipinski definition) is 2. The monoisotopic (exact) mass is 377 g/mol. The van der Waals surface area contributed by atoms with E-state index in [2.05, 4.69) is 10.3 Å². The Kier molecular flexibility index (Phi) is 4.65. The first kappa shape index (κ1) is 17.3. The molecule has 0 aliphatic carbocycles. The Bertz CT molecular complexity index is 984. The summed E-state index contributed by atoms with van der Waals surface area (Å²) in [4.78, 5) is 27.6. The molecule has 2 N–H and O–H groups in total. The summed E-state index contributed by atoms with van der Waals surface area (Å²) in [6, 6.07) is 9.38. The molecule has 3 rings (SSSR count). The van der Waals surface area contributed by atoms with Crippen LogP contribution in [0.5, 0.6) is 0 Å². The van der Waals surface area contributed by atoms with Gasteiger partial charge < -0.3 is 15.0 Å². The number of amides is 1. The number of halogens is 2. The second-order valence-corrected chi connectivity index (χ2v) is 6.28. The van der Waals surface area contributed by atoms with Gasteiger partial charge in [0.05, 0.1) is 27.9 Å². The van der Waals surface area contributed by atoms with E-state index in [9.17, 15) is 9.59 Å². The predicted molar refractivity (Wildman–Crippen MR) is 95.3 cm³/mol. The third-order valence-electron chi connectivity index (χ3n) is 3.76. The van der Waals surface area contributed by atoms with Crippen LogP contribution in [0.15, 0.2) is 42.7 Å². The number of carboxylic acids is 1. The van der Waals surface area contributed by atoms with E-state index in [4.69, 9.17) is 28.3 Å². The Morgan fingerprint density at radius 2 is 1.96 bits per heavy atom. The zero-order valence-electron chi connectivity index (χ0n) is 13.0. The summed E-state index contributed by atoms with van der Waals surface area (Å²) in [7, 11) is 0. The van der Waals surface area contributed by atoms with Crippen LogP contribution in [0.4, 0.5) is 0 Å². The number of imidazole rings is 1. The minimum absolute atomic E-state index is 0.00975. The molecule has 0 spiro atoms. The molecule has 1 heterocycles. The number of carboxylic acid groups (broad SMARTS) is 1. The number of carbonyl (C=O) groups excluding carboxylic acids is 1. The number of nitrogens with zero attached hydrogens (tertiary/aromatic N) is 2. The highest BCUT2D eigenvalue weighted by molar-refractivity contribution is 6.34. The smallest absolute Gasteiger partial charge is 0.337 e. The van der Waals surface area contributed by atoms with Gasteiger partial charge in [-0.2, -0.15) is 0 Å². The van der Waals surface area contributed by atoms with Crippen molar-refractivity contribution in [3.05, 3.63) is 63.9 Å². The molecule has 128 valence electrons. The zero-order chi connectivity index (χ0) is 18.1. The number of hydrogen-bond acceptors (Lipinski definition) is 3. The minimum atomic E-state index is -1.14. The first-order valence-corrected chi connectivity index (χ1v) is 8.08. The van der Waals surface area contributed by atoms with Crippen molar-refractivity contribution >= 4 is 46.1 Å². The predicted octanol–water partition coefficient (Wildman–Crippen LogP) is 3.99. The van der Waals surface area contributed by atoms with Crippen LogP contribution in [0.25, 0.3) is 11.0 Å². The number of carbonyl (C=O) groups is 2. The molecule has 1 unspecified atom stereocenters. The average molecular weight is 378 g/mol. The van der Waals surface area contributed by atoms with E-state index in [1.807, 2.05) is 6.07 Å². The van der Waals surface area contributed by atoms with Crippen LogP contribution in [0.3, 0.4) is 0 Å². The molecule has 0 saturated heterocycles. The van der Waals surface area contributed by atoms with Gasteiger partial charge in [-0.3, -0.25) is 4.79 Å². The fraction of sp³-hybridized carbons (Fsp3) is 0.118. The van der Waals surface area contributed by atoms with E-state index in [0.29, 0.717) is 5.02 Å². The summed E-state index contributed by atoms with van der Waals surface area (Å²) >= 11 is 11.9. The van der Waals surface area contributed by atoms with E-state index >= 15 is 0 Å². The fourth-order valence-corrected chi connectivity index (χ4v) is 2.91. The van der Waals surface area contributed by atoms with Crippen LogP contribution < -0.4 is 5.32 Å². The first-order valence-electron chi connectivity index (χ1n) is 7.32. The lowest BCUT2D eigenvalue weighted by molar-refractivity contribution is 0.0696. The number of nitrogens with one attached hydrogen (secondary N) is 1. The summed E-state index contributed by atoms with van der Waals surface area (Å²) in [5.74, 6) is -1.52. The van der Waals surface area contributed by atoms with Crippen molar-refractivity contribution in [1.82, 2.24) is 14.9 Å². The van der Waals surface area contributed by atoms with Gasteiger partial charge in [0.25, 0.3) is 5.91 Å². The molecule has 3 aromatic rings. The van der Waals surface area contributed by atoms with Crippen LogP contribution >= 0.6 is 23.2 Å². The van der Waals surface area contributed by atoms with Gasteiger partial charge in [-0.25, -0.2) is 9.78 Å². The summed E-state index contributed by atoms with van der Waals surface area (Å²) < 4.78 is 1.80. The standard InChI is InChI=1S/C17H13Cl2N3O3/c1-9(22-8-20-14-7-11(18)3-5-15(14)22)21-16(23)10-2-4-12(17(24)25)13(19)6-10/h2-9H,1H3,(H,21,23)(H,24,25). The Morgan fingerprint density at radius 1 is 1.20 bits per heavy atom. The Labute approximate surface area is 153 Å². The van der Waals surface area contributed by atoms with Crippen LogP contribution in [0, 0.1) is 0 Å². The molecule has 0 aliphatic rings. The van der Waals surface area contributed by atoms with Crippen molar-refractivity contribution in [1.29, 1.82) is 0 Å². The molecular formula is C17H13Cl2N3O3. The lowest BCUT2D eigenvalue weighted by Crippen LogP contribution is -2.30. The van der Waals surface area contributed by atoms with E-state index in [1.54, 1.807) is 30.0 Å². The van der Waals surface area contributed by atoms with E-state index in [0.717, 1.165) is 11.0 Å². The van der Waals surface area contributed by atoms with Crippen molar-refractivity contribution in [3.8, 4) is 0 Å². The van der Waals surface area contributed by atoms with Crippen molar-refractivity contribution in [3.63, 3.8) is 0 Å². The molecule has 25 heavy (non-hydrogen) atoms. The van der Waals surface area contributed by atoms with Gasteiger partial charge in [0.1, 0.15) is 6.17 Å². The Hall–Kier alpha value is -2.57. The van der Waals surface area contributed by atoms with Crippen molar-refractivity contribution in [2.45, 2.75) is 13.1 Å². The average Bonchev–Trinajstić information content (AvgIpc) is 2.97. The molecule has 1 amide bonds. The molecule has 1 aromatic heterocycles. The maximum absolute atomic E-state index is 12.4. The highest BCUT2D eigenvalue weighted by Gasteiger charge is 2.16. The molecule has 6 nitrogen and oxygen atoms in total. The van der Waals surface area contributed by atoms with Gasteiger partial charge in [0.2, 0.25) is 0 Å². The topological polar surface area (TPSA) is 84.2 Å². The number of benzene rings is 2. The normalized spacial score (nSPS) is 12.1. The van der Waals surface area contributed by atoms with Crippen molar-refractivity contribution < 1.29 is 14.7 Å². The summed E-state index contributed by atoms with van der Waals surface area (Å²) in [5, 5.41) is 12.4. The SMILES string of the molecule is CC(NC(=O)c1ccc(C(=O)O)c(Cl)c1)n1cnc2cc(Cl)ccc21. The van der Waals surface area contributed by atoms with Crippen LogP contribution in [0.1, 0.15) is 33.8 Å². The van der Waals surface area contributed by atoms with Crippen LogP contribution in [-0.2, 0) is 0 Å². The third kappa shape index (κ3) is 3.45. The van der Waals surface area contributed by atoms with Gasteiger partial charge in [0.15, 0.2) is 0 Å². The summed E-state index contributed by atoms with van der Waals surface area (Å²) in [5.41, 5.74) is 1.77. The lowest BCUT2D eigenvalue weighted by atomic mass is 10.1. The quantitative estimate of drug-likeness (QED) is 0.719. The van der Waals surface area contributed by atoms with Crippen LogP contribution in [0.2, 0.25) is 10.0 Å². The van der Waals surface area contributed by atoms with Crippen LogP contribution in [-0.4, -0.2) is 26.5 Å². The minimum Gasteiger partial charge on any atom is -0.478 e. The number of rotatable bonds is 4. The maximum Gasteiger partial charge on any atom is 0.337 e. The molecule has 0 bridgehead atoms. The van der Waals surface area contributed by atoms with Gasteiger partial charge in [0, 0.05) is 10.6 Å². The molecule has 0 fully saturated rings. The Balaban J connectivity index is 1.82. The molecular weight excluding hydrogens is 365 g/mol. The number of aromatic nitrogens is 2. The molecule has 0 saturated carbocycles. The maximum atomic E-state index is 12.4. The molecule has 0 radical (unpaired) electrons. The van der Waals surface area contributed by atoms with Gasteiger partial charge in [-0.1, -0.05) is 23.2 Å². The first-order chi connectivity index (χ1) is 11.9. The van der Waals surface area contributed by atoms with E-state index < -0.39 is 5.97 Å². The molecule has 1 atom stereocenters. The van der Waals surface area contributed by atoms with Gasteiger partial charge in [-0.15, -0.1) is 0 Å². The third-order valence-corrected chi connectivity index (χ3v) is 4.30. The fourth-order valence-electron chi connectivity index (χ4n) is 2.49. The van der Waals surface area contributed by atoms with Gasteiger partial charge in [-0.05, 0) is 43.3 Å².